The summed E-state index contributed by atoms with van der Waals surface area (Å²) in [6.07, 6.45) is 1.34. The Morgan fingerprint density at radius 1 is 1.00 bits per heavy atom. The number of benzene rings is 3. The summed E-state index contributed by atoms with van der Waals surface area (Å²) >= 11 is 6.19. The number of anilines is 1. The highest BCUT2D eigenvalue weighted by Crippen LogP contribution is 2.40. The Hall–Kier alpha value is -4.30. The monoisotopic (exact) mass is 486 g/mol. The fourth-order valence-corrected chi connectivity index (χ4v) is 4.78. The molecular weight excluding hydrogens is 468 g/mol. The maximum absolute atomic E-state index is 12.8. The van der Waals surface area contributed by atoms with E-state index in [-0.39, 0.29) is 18.4 Å². The standard InChI is InChI=1S/C26H19ClN4O4/c27-20-4-2-1-3-17(20)26(33)29-15-7-5-14-6-9-18-23(25(28)32)30-31(24(18)19(14)11-15)16-8-10-21-22(12-16)35-13-34-21/h1-5,7-8,10-12H,6,9,13H2,(H2,28,32)(H,29,33). The second-order valence-corrected chi connectivity index (χ2v) is 8.70. The van der Waals surface area contributed by atoms with Gasteiger partial charge in [0.05, 0.1) is 22.0 Å². The van der Waals surface area contributed by atoms with Crippen molar-refractivity contribution in [2.24, 2.45) is 5.73 Å². The number of carbonyl (C=O) groups excluding carboxylic acids is 2. The van der Waals surface area contributed by atoms with Crippen molar-refractivity contribution in [3.63, 3.8) is 0 Å². The first-order valence-electron chi connectivity index (χ1n) is 11.0. The van der Waals surface area contributed by atoms with Crippen molar-refractivity contribution in [2.45, 2.75) is 12.8 Å². The van der Waals surface area contributed by atoms with E-state index in [1.165, 1.54) is 0 Å². The number of carbonyl (C=O) groups is 2. The van der Waals surface area contributed by atoms with Crippen molar-refractivity contribution in [1.29, 1.82) is 0 Å². The van der Waals surface area contributed by atoms with Gasteiger partial charge in [-0.2, -0.15) is 5.10 Å². The van der Waals surface area contributed by atoms with Crippen LogP contribution in [0.1, 0.15) is 32.0 Å². The van der Waals surface area contributed by atoms with E-state index in [4.69, 9.17) is 26.8 Å². The van der Waals surface area contributed by atoms with Crippen LogP contribution in [0.2, 0.25) is 5.02 Å². The molecule has 0 saturated carbocycles. The highest BCUT2D eigenvalue weighted by Gasteiger charge is 2.29. The molecule has 0 saturated heterocycles. The molecular formula is C26H19ClN4O4. The summed E-state index contributed by atoms with van der Waals surface area (Å²) in [6.45, 7) is 0.153. The number of nitrogens with one attached hydrogen (secondary N) is 1. The maximum atomic E-state index is 12.8. The second-order valence-electron chi connectivity index (χ2n) is 8.30. The Kier molecular flexibility index (Phi) is 4.96. The third-order valence-corrected chi connectivity index (χ3v) is 6.53. The number of fused-ring (bicyclic) bond motifs is 4. The predicted molar refractivity (Wildman–Crippen MR) is 130 cm³/mol. The third kappa shape index (κ3) is 3.59. The third-order valence-electron chi connectivity index (χ3n) is 6.20. The number of rotatable bonds is 4. The van der Waals surface area contributed by atoms with E-state index >= 15 is 0 Å². The Balaban J connectivity index is 1.46. The van der Waals surface area contributed by atoms with Crippen molar-refractivity contribution >= 4 is 29.1 Å². The fraction of sp³-hybridized carbons (Fsp3) is 0.115. The number of hydrogen-bond acceptors (Lipinski definition) is 5. The molecule has 6 rings (SSSR count). The van der Waals surface area contributed by atoms with Crippen LogP contribution in [-0.4, -0.2) is 28.4 Å². The minimum absolute atomic E-state index is 0.153. The zero-order chi connectivity index (χ0) is 24.1. The molecule has 0 bridgehead atoms. The first-order chi connectivity index (χ1) is 17.0. The quantitative estimate of drug-likeness (QED) is 0.445. The number of amides is 2. The molecule has 2 heterocycles. The molecule has 8 nitrogen and oxygen atoms in total. The van der Waals surface area contributed by atoms with Gasteiger partial charge in [0.2, 0.25) is 6.79 Å². The lowest BCUT2D eigenvalue weighted by molar-refractivity contribution is 0.0992. The molecule has 0 radical (unpaired) electrons. The molecule has 174 valence electrons. The molecule has 35 heavy (non-hydrogen) atoms. The molecule has 3 aromatic carbocycles. The van der Waals surface area contributed by atoms with Gasteiger partial charge in [-0.25, -0.2) is 4.68 Å². The molecule has 4 aromatic rings. The zero-order valence-electron chi connectivity index (χ0n) is 18.4. The summed E-state index contributed by atoms with van der Waals surface area (Å²) in [5, 5.41) is 7.87. The summed E-state index contributed by atoms with van der Waals surface area (Å²) < 4.78 is 12.7. The van der Waals surface area contributed by atoms with E-state index in [9.17, 15) is 9.59 Å². The lowest BCUT2D eigenvalue weighted by Gasteiger charge is -2.20. The molecule has 1 aliphatic heterocycles. The van der Waals surface area contributed by atoms with Crippen molar-refractivity contribution in [3.8, 4) is 28.4 Å². The van der Waals surface area contributed by atoms with Gasteiger partial charge in [-0.3, -0.25) is 9.59 Å². The maximum Gasteiger partial charge on any atom is 0.269 e. The number of nitrogens with zero attached hydrogens (tertiary/aromatic N) is 2. The van der Waals surface area contributed by atoms with Gasteiger partial charge in [-0.05, 0) is 54.8 Å². The van der Waals surface area contributed by atoms with Crippen LogP contribution in [0.15, 0.2) is 60.7 Å². The van der Waals surface area contributed by atoms with E-state index in [2.05, 4.69) is 10.4 Å². The predicted octanol–water partition coefficient (Wildman–Crippen LogP) is 4.37. The first-order valence-corrected chi connectivity index (χ1v) is 11.4. The van der Waals surface area contributed by atoms with Crippen molar-refractivity contribution in [2.75, 3.05) is 12.1 Å². The minimum Gasteiger partial charge on any atom is -0.454 e. The van der Waals surface area contributed by atoms with E-state index < -0.39 is 5.91 Å². The van der Waals surface area contributed by atoms with E-state index in [0.717, 1.165) is 22.4 Å². The Morgan fingerprint density at radius 2 is 1.83 bits per heavy atom. The summed E-state index contributed by atoms with van der Waals surface area (Å²) in [7, 11) is 0. The normalized spacial score (nSPS) is 13.2. The van der Waals surface area contributed by atoms with Gasteiger partial charge >= 0.3 is 0 Å². The van der Waals surface area contributed by atoms with Crippen molar-refractivity contribution < 1.29 is 19.1 Å². The van der Waals surface area contributed by atoms with Gasteiger partial charge in [0.25, 0.3) is 11.8 Å². The van der Waals surface area contributed by atoms with E-state index in [1.807, 2.05) is 30.3 Å². The van der Waals surface area contributed by atoms with E-state index in [0.29, 0.717) is 46.3 Å². The van der Waals surface area contributed by atoms with Crippen LogP contribution in [0.3, 0.4) is 0 Å². The van der Waals surface area contributed by atoms with Gasteiger partial charge in [-0.15, -0.1) is 0 Å². The Morgan fingerprint density at radius 3 is 2.66 bits per heavy atom. The molecule has 1 aromatic heterocycles. The number of primary amides is 1. The lowest BCUT2D eigenvalue weighted by atomic mass is 9.88. The molecule has 0 atom stereocenters. The van der Waals surface area contributed by atoms with Crippen LogP contribution < -0.4 is 20.5 Å². The van der Waals surface area contributed by atoms with Gasteiger partial charge in [0.15, 0.2) is 17.2 Å². The van der Waals surface area contributed by atoms with Gasteiger partial charge in [0, 0.05) is 22.9 Å². The molecule has 0 unspecified atom stereocenters. The smallest absolute Gasteiger partial charge is 0.269 e. The second kappa shape index (κ2) is 8.18. The van der Waals surface area contributed by atoms with Crippen molar-refractivity contribution in [3.05, 3.63) is 88.1 Å². The summed E-state index contributed by atoms with van der Waals surface area (Å²) in [5.74, 6) is 0.347. The highest BCUT2D eigenvalue weighted by atomic mass is 35.5. The summed E-state index contributed by atoms with van der Waals surface area (Å²) in [6, 6.07) is 18.1. The molecule has 0 fully saturated rings. The van der Waals surface area contributed by atoms with Crippen LogP contribution in [-0.2, 0) is 12.8 Å². The van der Waals surface area contributed by atoms with Crippen LogP contribution >= 0.6 is 11.6 Å². The van der Waals surface area contributed by atoms with Gasteiger partial charge in [-0.1, -0.05) is 29.8 Å². The first kappa shape index (κ1) is 21.2. The van der Waals surface area contributed by atoms with Crippen molar-refractivity contribution in [1.82, 2.24) is 9.78 Å². The van der Waals surface area contributed by atoms with Gasteiger partial charge < -0.3 is 20.5 Å². The molecule has 2 amide bonds. The number of nitrogens with two attached hydrogens (primary N) is 1. The summed E-state index contributed by atoms with van der Waals surface area (Å²) in [5.41, 5.74) is 11.1. The molecule has 3 N–H and O–H groups in total. The van der Waals surface area contributed by atoms with Gasteiger partial charge in [0.1, 0.15) is 0 Å². The minimum atomic E-state index is -0.590. The average molecular weight is 487 g/mol. The molecule has 2 aliphatic rings. The highest BCUT2D eigenvalue weighted by molar-refractivity contribution is 6.34. The fourth-order valence-electron chi connectivity index (χ4n) is 4.56. The molecule has 1 aliphatic carbocycles. The lowest BCUT2D eigenvalue weighted by Crippen LogP contribution is -2.15. The number of aromatic nitrogens is 2. The largest absolute Gasteiger partial charge is 0.454 e. The van der Waals surface area contributed by atoms with Crippen LogP contribution in [0, 0.1) is 0 Å². The van der Waals surface area contributed by atoms with E-state index in [1.54, 1.807) is 35.0 Å². The Bertz CT molecular complexity index is 1530. The number of hydrogen-bond donors (Lipinski definition) is 2. The average Bonchev–Trinajstić information content (AvgIpc) is 3.48. The molecule has 9 heteroatoms. The number of aryl methyl sites for hydroxylation is 1. The number of halogens is 1. The zero-order valence-corrected chi connectivity index (χ0v) is 19.1. The summed E-state index contributed by atoms with van der Waals surface area (Å²) in [4.78, 5) is 25.1. The SMILES string of the molecule is NC(=O)c1nn(-c2ccc3c(c2)OCO3)c2c1CCc1ccc(NC(=O)c3ccccc3Cl)cc1-2. The van der Waals surface area contributed by atoms with Crippen LogP contribution in [0.25, 0.3) is 16.9 Å². The van der Waals surface area contributed by atoms with Crippen LogP contribution in [0.5, 0.6) is 11.5 Å². The number of ether oxygens (including phenoxy) is 2. The molecule has 0 spiro atoms. The Labute approximate surface area is 205 Å². The van der Waals surface area contributed by atoms with Crippen LogP contribution in [0.4, 0.5) is 5.69 Å². The topological polar surface area (TPSA) is 108 Å².